The second-order valence-electron chi connectivity index (χ2n) is 5.04. The zero-order valence-corrected chi connectivity index (χ0v) is 12.0. The summed E-state index contributed by atoms with van der Waals surface area (Å²) in [5.74, 6) is 0. The number of nitrogens with zero attached hydrogens (tertiary/aromatic N) is 2. The average Bonchev–Trinajstić information content (AvgIpc) is 2.46. The van der Waals surface area contributed by atoms with Crippen molar-refractivity contribution in [1.82, 2.24) is 4.90 Å². The van der Waals surface area contributed by atoms with Crippen LogP contribution >= 0.6 is 0 Å². The highest BCUT2D eigenvalue weighted by atomic mass is 16.6. The minimum Gasteiger partial charge on any atom is -0.377 e. The van der Waals surface area contributed by atoms with Crippen LogP contribution in [0.1, 0.15) is 12.5 Å². The lowest BCUT2D eigenvalue weighted by Crippen LogP contribution is -2.45. The quantitative estimate of drug-likeness (QED) is 0.660. The van der Waals surface area contributed by atoms with E-state index in [0.29, 0.717) is 12.2 Å². The predicted molar refractivity (Wildman–Crippen MR) is 78.2 cm³/mol. The number of likely N-dealkylation sites (N-methyl/N-ethyl adjacent to an activating group) is 1. The molecule has 0 amide bonds. The summed E-state index contributed by atoms with van der Waals surface area (Å²) in [6.07, 6.45) is 0.0737. The van der Waals surface area contributed by atoms with Gasteiger partial charge in [-0.05, 0) is 25.1 Å². The van der Waals surface area contributed by atoms with E-state index >= 15 is 0 Å². The molecule has 6 heteroatoms. The molecule has 6 nitrogen and oxygen atoms in total. The van der Waals surface area contributed by atoms with Crippen LogP contribution in [0, 0.1) is 17.0 Å². The first-order valence-corrected chi connectivity index (χ1v) is 6.93. The van der Waals surface area contributed by atoms with Gasteiger partial charge in [-0.2, -0.15) is 0 Å². The minimum absolute atomic E-state index is 0.0737. The van der Waals surface area contributed by atoms with Gasteiger partial charge in [0.1, 0.15) is 5.69 Å². The van der Waals surface area contributed by atoms with Crippen LogP contribution in [0.5, 0.6) is 0 Å². The van der Waals surface area contributed by atoms with Gasteiger partial charge in [0.05, 0.1) is 17.6 Å². The number of morpholine rings is 1. The van der Waals surface area contributed by atoms with Gasteiger partial charge < -0.3 is 10.1 Å². The van der Waals surface area contributed by atoms with Crippen molar-refractivity contribution < 1.29 is 9.66 Å². The zero-order valence-electron chi connectivity index (χ0n) is 12.0. The molecule has 0 radical (unpaired) electrons. The lowest BCUT2D eigenvalue weighted by molar-refractivity contribution is -0.384. The molecule has 1 aliphatic heterocycles. The maximum absolute atomic E-state index is 11.0. The monoisotopic (exact) mass is 279 g/mol. The smallest absolute Gasteiger partial charge is 0.292 e. The summed E-state index contributed by atoms with van der Waals surface area (Å²) >= 11 is 0. The summed E-state index contributed by atoms with van der Waals surface area (Å²) in [4.78, 5) is 13.0. The van der Waals surface area contributed by atoms with Crippen LogP contribution < -0.4 is 5.32 Å². The number of anilines is 1. The molecule has 1 aromatic rings. The molecule has 20 heavy (non-hydrogen) atoms. The Balaban J connectivity index is 1.98. The topological polar surface area (TPSA) is 67.6 Å². The Morgan fingerprint density at radius 2 is 2.35 bits per heavy atom. The van der Waals surface area contributed by atoms with Gasteiger partial charge in [-0.1, -0.05) is 13.0 Å². The number of nitro groups is 1. The van der Waals surface area contributed by atoms with Gasteiger partial charge in [0.25, 0.3) is 5.69 Å². The van der Waals surface area contributed by atoms with Crippen LogP contribution in [0.15, 0.2) is 18.2 Å². The van der Waals surface area contributed by atoms with Crippen molar-refractivity contribution in [1.29, 1.82) is 0 Å². The van der Waals surface area contributed by atoms with Gasteiger partial charge in [0.15, 0.2) is 0 Å². The number of ether oxygens (including phenoxy) is 1. The largest absolute Gasteiger partial charge is 0.377 e. The van der Waals surface area contributed by atoms with E-state index < -0.39 is 0 Å². The molecule has 1 unspecified atom stereocenters. The van der Waals surface area contributed by atoms with Crippen LogP contribution in [0.2, 0.25) is 0 Å². The molecule has 1 aliphatic rings. The third-order valence-electron chi connectivity index (χ3n) is 3.54. The third-order valence-corrected chi connectivity index (χ3v) is 3.54. The fourth-order valence-corrected chi connectivity index (χ4v) is 2.36. The highest BCUT2D eigenvalue weighted by Gasteiger charge is 2.20. The second-order valence-corrected chi connectivity index (χ2v) is 5.04. The Bertz CT molecular complexity index is 479. The van der Waals surface area contributed by atoms with Crippen molar-refractivity contribution in [2.45, 2.75) is 20.0 Å². The van der Waals surface area contributed by atoms with Gasteiger partial charge in [-0.15, -0.1) is 0 Å². The van der Waals surface area contributed by atoms with Crippen molar-refractivity contribution >= 4 is 11.4 Å². The zero-order chi connectivity index (χ0) is 14.5. The molecule has 1 atom stereocenters. The normalized spacial score (nSPS) is 19.8. The van der Waals surface area contributed by atoms with Crippen molar-refractivity contribution in [2.24, 2.45) is 0 Å². The predicted octanol–water partition coefficient (Wildman–Crippen LogP) is 2.04. The van der Waals surface area contributed by atoms with Gasteiger partial charge in [-0.25, -0.2) is 0 Å². The molecule has 1 saturated heterocycles. The van der Waals surface area contributed by atoms with Crippen molar-refractivity contribution in [2.75, 3.05) is 38.1 Å². The highest BCUT2D eigenvalue weighted by molar-refractivity contribution is 5.62. The number of benzene rings is 1. The Hall–Kier alpha value is -1.66. The van der Waals surface area contributed by atoms with Crippen LogP contribution in [-0.2, 0) is 4.74 Å². The number of aryl methyl sites for hydroxylation is 1. The third kappa shape index (κ3) is 3.68. The first-order valence-electron chi connectivity index (χ1n) is 6.93. The van der Waals surface area contributed by atoms with Gasteiger partial charge in [0, 0.05) is 25.7 Å². The summed E-state index contributed by atoms with van der Waals surface area (Å²) in [7, 11) is 0. The van der Waals surface area contributed by atoms with Crippen LogP contribution in [-0.4, -0.2) is 48.7 Å². The molecule has 1 heterocycles. The number of nitrogens with one attached hydrogen (secondary N) is 1. The lowest BCUT2D eigenvalue weighted by atomic mass is 10.2. The van der Waals surface area contributed by atoms with Gasteiger partial charge in [0.2, 0.25) is 0 Å². The Labute approximate surface area is 118 Å². The first kappa shape index (κ1) is 14.7. The fraction of sp³-hybridized carbons (Fsp3) is 0.571. The maximum atomic E-state index is 11.0. The highest BCUT2D eigenvalue weighted by Crippen LogP contribution is 2.25. The van der Waals surface area contributed by atoms with Crippen LogP contribution in [0.4, 0.5) is 11.4 Å². The average molecular weight is 279 g/mol. The number of nitro benzene ring substituents is 1. The van der Waals surface area contributed by atoms with Crippen molar-refractivity contribution in [3.63, 3.8) is 0 Å². The SMILES string of the molecule is CCN1CCOC(CNc2ccc(C)cc2[N+](=O)[O-])C1. The van der Waals surface area contributed by atoms with E-state index in [4.69, 9.17) is 4.74 Å². The minimum atomic E-state index is -0.352. The molecule has 110 valence electrons. The molecule has 0 aliphatic carbocycles. The van der Waals surface area contributed by atoms with E-state index in [1.807, 2.05) is 13.0 Å². The van der Waals surface area contributed by atoms with Crippen LogP contribution in [0.3, 0.4) is 0 Å². The second kappa shape index (κ2) is 6.67. The molecule has 1 fully saturated rings. The van der Waals surface area contributed by atoms with E-state index in [1.165, 1.54) is 0 Å². The summed E-state index contributed by atoms with van der Waals surface area (Å²) in [5.41, 5.74) is 1.55. The fourth-order valence-electron chi connectivity index (χ4n) is 2.36. The molecular formula is C14H21N3O3. The van der Waals surface area contributed by atoms with E-state index in [0.717, 1.165) is 31.8 Å². The molecule has 1 N–H and O–H groups in total. The maximum Gasteiger partial charge on any atom is 0.292 e. The molecule has 0 spiro atoms. The standard InChI is InChI=1S/C14H21N3O3/c1-3-16-6-7-20-12(10-16)9-15-13-5-4-11(2)8-14(13)17(18)19/h4-5,8,12,15H,3,6-7,9-10H2,1-2H3. The van der Waals surface area contributed by atoms with E-state index in [1.54, 1.807) is 12.1 Å². The molecule has 0 bridgehead atoms. The summed E-state index contributed by atoms with van der Waals surface area (Å²) < 4.78 is 5.68. The summed E-state index contributed by atoms with van der Waals surface area (Å²) in [6, 6.07) is 5.21. The molecule has 1 aromatic carbocycles. The van der Waals surface area contributed by atoms with E-state index in [9.17, 15) is 10.1 Å². The Morgan fingerprint density at radius 3 is 3.05 bits per heavy atom. The van der Waals surface area contributed by atoms with Crippen molar-refractivity contribution in [3.05, 3.63) is 33.9 Å². The van der Waals surface area contributed by atoms with E-state index in [-0.39, 0.29) is 16.7 Å². The van der Waals surface area contributed by atoms with E-state index in [2.05, 4.69) is 17.1 Å². The number of rotatable bonds is 5. The van der Waals surface area contributed by atoms with Gasteiger partial charge >= 0.3 is 0 Å². The number of hydrogen-bond donors (Lipinski definition) is 1. The van der Waals surface area contributed by atoms with Gasteiger partial charge in [-0.3, -0.25) is 15.0 Å². The van der Waals surface area contributed by atoms with Crippen molar-refractivity contribution in [3.8, 4) is 0 Å². The summed E-state index contributed by atoms with van der Waals surface area (Å²) in [5, 5.41) is 14.2. The Morgan fingerprint density at radius 1 is 1.55 bits per heavy atom. The first-order chi connectivity index (χ1) is 9.60. The number of hydrogen-bond acceptors (Lipinski definition) is 5. The molecule has 2 rings (SSSR count). The summed E-state index contributed by atoms with van der Waals surface area (Å²) in [6.45, 7) is 8.10. The molecule has 0 saturated carbocycles. The van der Waals surface area contributed by atoms with Crippen LogP contribution in [0.25, 0.3) is 0 Å². The Kier molecular flexibility index (Phi) is 4.92. The lowest BCUT2D eigenvalue weighted by Gasteiger charge is -2.32. The molecular weight excluding hydrogens is 258 g/mol. The molecule has 0 aromatic heterocycles.